The third-order valence-corrected chi connectivity index (χ3v) is 2.26. The number of Topliss-reactive ketones (excluding diaryl/α,β-unsaturated/α-hetero) is 1. The molecule has 0 aliphatic heterocycles. The Morgan fingerprint density at radius 1 is 1.29 bits per heavy atom. The molecule has 1 N–H and O–H groups in total. The second kappa shape index (κ2) is 4.91. The number of ketones is 1. The Bertz CT molecular complexity index is 290. The molecule has 1 aromatic carbocycles. The average Bonchev–Trinajstić information content (AvgIpc) is 2.19. The average molecular weight is 192 g/mol. The van der Waals surface area contributed by atoms with E-state index < -0.39 is 6.10 Å². The summed E-state index contributed by atoms with van der Waals surface area (Å²) in [7, 11) is 0. The van der Waals surface area contributed by atoms with Gasteiger partial charge in [-0.3, -0.25) is 4.79 Å². The Morgan fingerprint density at radius 3 is 2.36 bits per heavy atom. The van der Waals surface area contributed by atoms with Gasteiger partial charge in [-0.15, -0.1) is 0 Å². The monoisotopic (exact) mass is 192 g/mol. The Balaban J connectivity index is 2.60. The topological polar surface area (TPSA) is 37.3 Å². The highest BCUT2D eigenvalue weighted by molar-refractivity contribution is 5.96. The van der Waals surface area contributed by atoms with Gasteiger partial charge in [-0.05, 0) is 5.92 Å². The molecule has 2 nitrogen and oxygen atoms in total. The van der Waals surface area contributed by atoms with Crippen LogP contribution in [0.15, 0.2) is 30.3 Å². The predicted molar refractivity (Wildman–Crippen MR) is 56.2 cm³/mol. The number of aliphatic hydroxyl groups excluding tert-OH is 1. The molecule has 2 heteroatoms. The summed E-state index contributed by atoms with van der Waals surface area (Å²) in [5, 5.41) is 9.54. The summed E-state index contributed by atoms with van der Waals surface area (Å²) in [6, 6.07) is 9.07. The van der Waals surface area contributed by atoms with Crippen molar-refractivity contribution >= 4 is 5.78 Å². The lowest BCUT2D eigenvalue weighted by Gasteiger charge is -2.12. The zero-order valence-electron chi connectivity index (χ0n) is 8.60. The summed E-state index contributed by atoms with van der Waals surface area (Å²) in [5.41, 5.74) is 0.673. The molecular formula is C12H16O2. The van der Waals surface area contributed by atoms with Gasteiger partial charge in [-0.2, -0.15) is 0 Å². The molecule has 0 fully saturated rings. The van der Waals surface area contributed by atoms with E-state index >= 15 is 0 Å². The predicted octanol–water partition coefficient (Wildman–Crippen LogP) is 2.28. The normalized spacial score (nSPS) is 12.9. The van der Waals surface area contributed by atoms with Gasteiger partial charge in [0.2, 0.25) is 0 Å². The van der Waals surface area contributed by atoms with E-state index in [1.54, 1.807) is 12.1 Å². The smallest absolute Gasteiger partial charge is 0.165 e. The maximum absolute atomic E-state index is 11.6. The molecule has 0 aromatic heterocycles. The molecule has 1 rings (SSSR count). The minimum absolute atomic E-state index is 0.00630. The first-order valence-electron chi connectivity index (χ1n) is 4.87. The van der Waals surface area contributed by atoms with Gasteiger partial charge in [-0.1, -0.05) is 44.2 Å². The van der Waals surface area contributed by atoms with Crippen LogP contribution in [0.2, 0.25) is 0 Å². The largest absolute Gasteiger partial charge is 0.392 e. The second-order valence-electron chi connectivity index (χ2n) is 3.80. The van der Waals surface area contributed by atoms with E-state index in [1.807, 2.05) is 32.0 Å². The number of hydrogen-bond acceptors (Lipinski definition) is 2. The van der Waals surface area contributed by atoms with E-state index in [9.17, 15) is 9.90 Å². The van der Waals surface area contributed by atoms with Gasteiger partial charge < -0.3 is 5.11 Å². The zero-order valence-corrected chi connectivity index (χ0v) is 8.60. The van der Waals surface area contributed by atoms with E-state index in [4.69, 9.17) is 0 Å². The van der Waals surface area contributed by atoms with Crippen molar-refractivity contribution in [2.45, 2.75) is 26.4 Å². The van der Waals surface area contributed by atoms with Crippen LogP contribution in [-0.4, -0.2) is 17.0 Å². The standard InChI is InChI=1S/C12H16O2/c1-9(2)11(13)8-12(14)10-6-4-3-5-7-10/h3-7,9,11,13H,8H2,1-2H3. The van der Waals surface area contributed by atoms with Crippen molar-refractivity contribution < 1.29 is 9.90 Å². The Kier molecular flexibility index (Phi) is 3.84. The SMILES string of the molecule is CC(C)C(O)CC(=O)c1ccccc1. The van der Waals surface area contributed by atoms with Crippen LogP contribution in [0.4, 0.5) is 0 Å². The Hall–Kier alpha value is -1.15. The summed E-state index contributed by atoms with van der Waals surface area (Å²) in [5.74, 6) is 0.134. The van der Waals surface area contributed by atoms with Crippen molar-refractivity contribution in [3.63, 3.8) is 0 Å². The molecule has 0 heterocycles. The van der Waals surface area contributed by atoms with Crippen molar-refractivity contribution in [2.24, 2.45) is 5.92 Å². The molecule has 76 valence electrons. The molecule has 0 aliphatic carbocycles. The molecule has 1 atom stereocenters. The summed E-state index contributed by atoms with van der Waals surface area (Å²) < 4.78 is 0. The second-order valence-corrected chi connectivity index (χ2v) is 3.80. The maximum atomic E-state index is 11.6. The highest BCUT2D eigenvalue weighted by Crippen LogP contribution is 2.10. The number of hydrogen-bond donors (Lipinski definition) is 1. The number of carbonyl (C=O) groups excluding carboxylic acids is 1. The van der Waals surface area contributed by atoms with Crippen LogP contribution in [0.25, 0.3) is 0 Å². The first-order valence-corrected chi connectivity index (χ1v) is 4.87. The van der Waals surface area contributed by atoms with Crippen molar-refractivity contribution in [3.05, 3.63) is 35.9 Å². The minimum atomic E-state index is -0.539. The van der Waals surface area contributed by atoms with E-state index in [2.05, 4.69) is 0 Å². The molecular weight excluding hydrogens is 176 g/mol. The maximum Gasteiger partial charge on any atom is 0.165 e. The number of rotatable bonds is 4. The quantitative estimate of drug-likeness (QED) is 0.743. The number of carbonyl (C=O) groups is 1. The first-order chi connectivity index (χ1) is 6.61. The molecule has 0 aliphatic rings. The molecule has 0 amide bonds. The van der Waals surface area contributed by atoms with Crippen molar-refractivity contribution in [1.29, 1.82) is 0 Å². The summed E-state index contributed by atoms with van der Waals surface area (Å²) in [6.45, 7) is 3.81. The highest BCUT2D eigenvalue weighted by Gasteiger charge is 2.15. The summed E-state index contributed by atoms with van der Waals surface area (Å²) in [4.78, 5) is 11.6. The van der Waals surface area contributed by atoms with Crippen LogP contribution in [0.3, 0.4) is 0 Å². The molecule has 0 radical (unpaired) electrons. The number of aliphatic hydroxyl groups is 1. The fourth-order valence-corrected chi connectivity index (χ4v) is 1.17. The summed E-state index contributed by atoms with van der Waals surface area (Å²) >= 11 is 0. The van der Waals surface area contributed by atoms with Crippen LogP contribution in [0.5, 0.6) is 0 Å². The summed E-state index contributed by atoms with van der Waals surface area (Å²) in [6.07, 6.45) is -0.329. The molecule has 1 unspecified atom stereocenters. The fraction of sp³-hybridized carbons (Fsp3) is 0.417. The molecule has 0 saturated carbocycles. The third-order valence-electron chi connectivity index (χ3n) is 2.26. The lowest BCUT2D eigenvalue weighted by molar-refractivity contribution is 0.0790. The van der Waals surface area contributed by atoms with E-state index in [-0.39, 0.29) is 18.1 Å². The van der Waals surface area contributed by atoms with E-state index in [0.717, 1.165) is 0 Å². The molecule has 1 aromatic rings. The van der Waals surface area contributed by atoms with Crippen LogP contribution in [0.1, 0.15) is 30.6 Å². The lowest BCUT2D eigenvalue weighted by Crippen LogP contribution is -2.19. The van der Waals surface area contributed by atoms with Gasteiger partial charge in [0.05, 0.1) is 6.10 Å². The van der Waals surface area contributed by atoms with Gasteiger partial charge in [0.15, 0.2) is 5.78 Å². The zero-order chi connectivity index (χ0) is 10.6. The van der Waals surface area contributed by atoms with Gasteiger partial charge in [0.25, 0.3) is 0 Å². The van der Waals surface area contributed by atoms with Crippen LogP contribution < -0.4 is 0 Å². The lowest BCUT2D eigenvalue weighted by atomic mass is 9.98. The number of benzene rings is 1. The van der Waals surface area contributed by atoms with Crippen LogP contribution >= 0.6 is 0 Å². The highest BCUT2D eigenvalue weighted by atomic mass is 16.3. The van der Waals surface area contributed by atoms with Crippen molar-refractivity contribution in [3.8, 4) is 0 Å². The van der Waals surface area contributed by atoms with Gasteiger partial charge >= 0.3 is 0 Å². The van der Waals surface area contributed by atoms with Crippen LogP contribution in [-0.2, 0) is 0 Å². The van der Waals surface area contributed by atoms with Gasteiger partial charge in [0, 0.05) is 12.0 Å². The molecule has 0 bridgehead atoms. The van der Waals surface area contributed by atoms with Crippen molar-refractivity contribution in [1.82, 2.24) is 0 Å². The third kappa shape index (κ3) is 2.96. The van der Waals surface area contributed by atoms with Crippen molar-refractivity contribution in [2.75, 3.05) is 0 Å². The van der Waals surface area contributed by atoms with Crippen LogP contribution in [0, 0.1) is 5.92 Å². The van der Waals surface area contributed by atoms with E-state index in [1.165, 1.54) is 0 Å². The Labute approximate surface area is 84.6 Å². The minimum Gasteiger partial charge on any atom is -0.392 e. The van der Waals surface area contributed by atoms with Gasteiger partial charge in [0.1, 0.15) is 0 Å². The van der Waals surface area contributed by atoms with E-state index in [0.29, 0.717) is 5.56 Å². The first kappa shape index (κ1) is 10.9. The fourth-order valence-electron chi connectivity index (χ4n) is 1.17. The molecule has 0 saturated heterocycles. The Morgan fingerprint density at radius 2 is 1.86 bits per heavy atom. The molecule has 14 heavy (non-hydrogen) atoms. The molecule has 0 spiro atoms. The van der Waals surface area contributed by atoms with Gasteiger partial charge in [-0.25, -0.2) is 0 Å².